The minimum Gasteiger partial charge on any atom is -0.489 e. The highest BCUT2D eigenvalue weighted by Crippen LogP contribution is 2.15. The van der Waals surface area contributed by atoms with E-state index in [0.29, 0.717) is 19.4 Å². The molecule has 0 aromatic heterocycles. The molecule has 2 aromatic rings. The van der Waals surface area contributed by atoms with Gasteiger partial charge in [0, 0.05) is 6.42 Å². The second-order valence-electron chi connectivity index (χ2n) is 4.53. The van der Waals surface area contributed by atoms with E-state index in [9.17, 15) is 9.18 Å². The molecule has 0 unspecified atom stereocenters. The maximum absolute atomic E-state index is 12.7. The smallest absolute Gasteiger partial charge is 0.217 e. The van der Waals surface area contributed by atoms with Crippen molar-refractivity contribution in [2.24, 2.45) is 5.73 Å². The van der Waals surface area contributed by atoms with Crippen LogP contribution < -0.4 is 10.5 Å². The van der Waals surface area contributed by atoms with E-state index in [-0.39, 0.29) is 11.7 Å². The molecule has 0 radical (unpaired) electrons. The van der Waals surface area contributed by atoms with Gasteiger partial charge in [0.15, 0.2) is 0 Å². The largest absolute Gasteiger partial charge is 0.489 e. The first-order chi connectivity index (χ1) is 9.63. The zero-order valence-corrected chi connectivity index (χ0v) is 11.0. The number of rotatable bonds is 6. The molecule has 2 aromatic carbocycles. The minimum absolute atomic E-state index is 0.257. The van der Waals surface area contributed by atoms with Gasteiger partial charge in [-0.3, -0.25) is 4.79 Å². The summed E-state index contributed by atoms with van der Waals surface area (Å²) < 4.78 is 18.3. The van der Waals surface area contributed by atoms with Crippen LogP contribution in [0.25, 0.3) is 0 Å². The summed E-state index contributed by atoms with van der Waals surface area (Å²) in [4.78, 5) is 10.7. The number of aryl methyl sites for hydroxylation is 1. The molecular weight excluding hydrogens is 257 g/mol. The van der Waals surface area contributed by atoms with Gasteiger partial charge in [-0.1, -0.05) is 24.3 Å². The predicted octanol–water partition coefficient (Wildman–Crippen LogP) is 2.82. The third kappa shape index (κ3) is 4.39. The molecule has 1 amide bonds. The number of benzene rings is 2. The third-order valence-corrected chi connectivity index (χ3v) is 2.90. The fourth-order valence-corrected chi connectivity index (χ4v) is 1.77. The molecule has 0 saturated carbocycles. The van der Waals surface area contributed by atoms with Crippen LogP contribution in [-0.4, -0.2) is 5.91 Å². The highest BCUT2D eigenvalue weighted by Gasteiger charge is 2.00. The van der Waals surface area contributed by atoms with Crippen LogP contribution in [0.4, 0.5) is 4.39 Å². The van der Waals surface area contributed by atoms with Crippen LogP contribution in [0.3, 0.4) is 0 Å². The molecule has 2 rings (SSSR count). The van der Waals surface area contributed by atoms with Crippen molar-refractivity contribution in [2.45, 2.75) is 19.4 Å². The molecule has 0 aliphatic carbocycles. The van der Waals surface area contributed by atoms with Crippen LogP contribution >= 0.6 is 0 Å². The molecule has 4 heteroatoms. The van der Waals surface area contributed by atoms with E-state index >= 15 is 0 Å². The Hall–Kier alpha value is -2.36. The van der Waals surface area contributed by atoms with Crippen LogP contribution in [-0.2, 0) is 17.8 Å². The summed E-state index contributed by atoms with van der Waals surface area (Å²) in [6, 6.07) is 13.7. The number of nitrogens with two attached hydrogens (primary N) is 1. The molecule has 0 bridgehead atoms. The Morgan fingerprint density at radius 1 is 1.00 bits per heavy atom. The Morgan fingerprint density at radius 2 is 1.60 bits per heavy atom. The number of carbonyl (C=O) groups is 1. The van der Waals surface area contributed by atoms with Crippen molar-refractivity contribution in [1.82, 2.24) is 0 Å². The van der Waals surface area contributed by atoms with E-state index in [1.54, 1.807) is 12.1 Å². The molecule has 0 fully saturated rings. The number of amides is 1. The Kier molecular flexibility index (Phi) is 4.71. The lowest BCUT2D eigenvalue weighted by atomic mass is 10.1. The first-order valence-corrected chi connectivity index (χ1v) is 6.38. The van der Waals surface area contributed by atoms with Gasteiger partial charge in [-0.05, 0) is 41.8 Å². The number of halogens is 1. The summed E-state index contributed by atoms with van der Waals surface area (Å²) in [5.41, 5.74) is 7.05. The van der Waals surface area contributed by atoms with Crippen molar-refractivity contribution in [3.63, 3.8) is 0 Å². The van der Waals surface area contributed by atoms with Gasteiger partial charge >= 0.3 is 0 Å². The second-order valence-corrected chi connectivity index (χ2v) is 4.53. The SMILES string of the molecule is NC(=O)CCc1ccc(OCc2ccc(F)cc2)cc1. The van der Waals surface area contributed by atoms with Gasteiger partial charge in [-0.2, -0.15) is 0 Å². The Bertz CT molecular complexity index is 564. The lowest BCUT2D eigenvalue weighted by molar-refractivity contribution is -0.117. The van der Waals surface area contributed by atoms with Gasteiger partial charge in [0.25, 0.3) is 0 Å². The predicted molar refractivity (Wildman–Crippen MR) is 74.7 cm³/mol. The molecule has 0 aliphatic rings. The molecule has 0 aliphatic heterocycles. The van der Waals surface area contributed by atoms with E-state index in [1.807, 2.05) is 24.3 Å². The van der Waals surface area contributed by atoms with Gasteiger partial charge in [0.1, 0.15) is 18.2 Å². The topological polar surface area (TPSA) is 52.3 Å². The highest BCUT2D eigenvalue weighted by atomic mass is 19.1. The van der Waals surface area contributed by atoms with E-state index in [0.717, 1.165) is 16.9 Å². The first kappa shape index (κ1) is 14.1. The lowest BCUT2D eigenvalue weighted by Crippen LogP contribution is -2.11. The van der Waals surface area contributed by atoms with Crippen molar-refractivity contribution < 1.29 is 13.9 Å². The van der Waals surface area contributed by atoms with E-state index in [4.69, 9.17) is 10.5 Å². The second kappa shape index (κ2) is 6.70. The van der Waals surface area contributed by atoms with Crippen molar-refractivity contribution in [3.8, 4) is 5.75 Å². The number of hydrogen-bond donors (Lipinski definition) is 1. The van der Waals surface area contributed by atoms with Gasteiger partial charge < -0.3 is 10.5 Å². The Balaban J connectivity index is 1.87. The van der Waals surface area contributed by atoms with Gasteiger partial charge in [0.2, 0.25) is 5.91 Å². The molecule has 3 nitrogen and oxygen atoms in total. The van der Waals surface area contributed by atoms with Crippen molar-refractivity contribution >= 4 is 5.91 Å². The molecule has 2 N–H and O–H groups in total. The summed E-state index contributed by atoms with van der Waals surface area (Å²) in [5, 5.41) is 0. The summed E-state index contributed by atoms with van der Waals surface area (Å²) in [7, 11) is 0. The van der Waals surface area contributed by atoms with Crippen molar-refractivity contribution in [1.29, 1.82) is 0 Å². The highest BCUT2D eigenvalue weighted by molar-refractivity contribution is 5.74. The van der Waals surface area contributed by atoms with Crippen LogP contribution in [0.5, 0.6) is 5.75 Å². The molecule has 0 heterocycles. The molecule has 20 heavy (non-hydrogen) atoms. The summed E-state index contributed by atoms with van der Waals surface area (Å²) in [6.07, 6.45) is 0.976. The minimum atomic E-state index is -0.304. The zero-order chi connectivity index (χ0) is 14.4. The molecular formula is C16H16FNO2. The normalized spacial score (nSPS) is 10.2. The third-order valence-electron chi connectivity index (χ3n) is 2.90. The summed E-state index contributed by atoms with van der Waals surface area (Å²) in [6.45, 7) is 0.390. The van der Waals surface area contributed by atoms with Crippen LogP contribution in [0, 0.1) is 5.82 Å². The molecule has 0 saturated heterocycles. The maximum Gasteiger partial charge on any atom is 0.217 e. The maximum atomic E-state index is 12.7. The standard InChI is InChI=1S/C16H16FNO2/c17-14-6-1-13(2-7-14)11-20-15-8-3-12(4-9-15)5-10-16(18)19/h1-4,6-9H,5,10-11H2,(H2,18,19). The summed E-state index contributed by atoms with van der Waals surface area (Å²) >= 11 is 0. The van der Waals surface area contributed by atoms with Crippen LogP contribution in [0.1, 0.15) is 17.5 Å². The molecule has 104 valence electrons. The number of primary amides is 1. The molecule has 0 atom stereocenters. The number of ether oxygens (including phenoxy) is 1. The van der Waals surface area contributed by atoms with E-state index in [1.165, 1.54) is 12.1 Å². The number of hydrogen-bond acceptors (Lipinski definition) is 2. The Morgan fingerprint density at radius 3 is 2.20 bits per heavy atom. The van der Waals surface area contributed by atoms with E-state index < -0.39 is 0 Å². The zero-order valence-electron chi connectivity index (χ0n) is 11.0. The fourth-order valence-electron chi connectivity index (χ4n) is 1.77. The number of carbonyl (C=O) groups excluding carboxylic acids is 1. The lowest BCUT2D eigenvalue weighted by Gasteiger charge is -2.07. The van der Waals surface area contributed by atoms with Gasteiger partial charge in [0.05, 0.1) is 0 Å². The van der Waals surface area contributed by atoms with Gasteiger partial charge in [-0.25, -0.2) is 4.39 Å². The van der Waals surface area contributed by atoms with Crippen LogP contribution in [0.15, 0.2) is 48.5 Å². The van der Waals surface area contributed by atoms with Crippen molar-refractivity contribution in [2.75, 3.05) is 0 Å². The summed E-state index contributed by atoms with van der Waals surface area (Å²) in [5.74, 6) is 0.173. The fraction of sp³-hybridized carbons (Fsp3) is 0.188. The average Bonchev–Trinajstić information content (AvgIpc) is 2.45. The van der Waals surface area contributed by atoms with Gasteiger partial charge in [-0.15, -0.1) is 0 Å². The quantitative estimate of drug-likeness (QED) is 0.879. The van der Waals surface area contributed by atoms with E-state index in [2.05, 4.69) is 0 Å². The average molecular weight is 273 g/mol. The van der Waals surface area contributed by atoms with Crippen molar-refractivity contribution in [3.05, 3.63) is 65.5 Å². The Labute approximate surface area is 117 Å². The monoisotopic (exact) mass is 273 g/mol. The first-order valence-electron chi connectivity index (χ1n) is 6.38. The van der Waals surface area contributed by atoms with Crippen LogP contribution in [0.2, 0.25) is 0 Å². The molecule has 0 spiro atoms.